The minimum Gasteiger partial charge on any atom is -0.335 e. The quantitative estimate of drug-likeness (QED) is 0.935. The summed E-state index contributed by atoms with van der Waals surface area (Å²) in [5.41, 5.74) is 1.58. The highest BCUT2D eigenvalue weighted by Gasteiger charge is 2.31. The zero-order chi connectivity index (χ0) is 16.9. The first-order valence-corrected chi connectivity index (χ1v) is 8.31. The lowest BCUT2D eigenvalue weighted by Gasteiger charge is -2.31. The maximum Gasteiger partial charge on any atom is 0.271 e. The molecule has 1 aliphatic rings. The second-order valence-corrected chi connectivity index (χ2v) is 6.04. The van der Waals surface area contributed by atoms with Gasteiger partial charge in [0, 0.05) is 38.3 Å². The zero-order valence-corrected chi connectivity index (χ0v) is 13.8. The van der Waals surface area contributed by atoms with E-state index in [1.165, 1.54) is 0 Å². The van der Waals surface area contributed by atoms with Crippen molar-refractivity contribution in [3.8, 4) is 0 Å². The summed E-state index contributed by atoms with van der Waals surface area (Å²) in [6.07, 6.45) is 2.73. The molecule has 0 radical (unpaired) electrons. The topological polar surface area (TPSA) is 69.3 Å². The predicted molar refractivity (Wildman–Crippen MR) is 90.2 cm³/mol. The molecule has 2 heterocycles. The van der Waals surface area contributed by atoms with E-state index in [0.29, 0.717) is 31.7 Å². The fraction of sp³-hybridized carbons (Fsp3) is 0.389. The molecule has 1 fully saturated rings. The number of benzene rings is 1. The van der Waals surface area contributed by atoms with Crippen molar-refractivity contribution in [2.45, 2.75) is 32.4 Å². The van der Waals surface area contributed by atoms with E-state index in [9.17, 15) is 9.59 Å². The lowest BCUT2D eigenvalue weighted by atomic mass is 10.1. The van der Waals surface area contributed by atoms with Crippen LogP contribution >= 0.6 is 0 Å². The highest BCUT2D eigenvalue weighted by molar-refractivity contribution is 5.92. The first-order valence-electron chi connectivity index (χ1n) is 8.31. The van der Waals surface area contributed by atoms with Gasteiger partial charge < -0.3 is 9.80 Å². The van der Waals surface area contributed by atoms with Crippen LogP contribution in [0.25, 0.3) is 0 Å². The van der Waals surface area contributed by atoms with Gasteiger partial charge in [-0.3, -0.25) is 14.7 Å². The lowest BCUT2D eigenvalue weighted by molar-refractivity contribution is -0.133. The zero-order valence-electron chi connectivity index (χ0n) is 13.8. The summed E-state index contributed by atoms with van der Waals surface area (Å²) in [6, 6.07) is 11.7. The maximum absolute atomic E-state index is 12.6. The number of aromatic amines is 1. The van der Waals surface area contributed by atoms with E-state index in [1.54, 1.807) is 17.2 Å². The summed E-state index contributed by atoms with van der Waals surface area (Å²) in [5, 5.41) is 6.55. The molecule has 1 aromatic heterocycles. The van der Waals surface area contributed by atoms with Gasteiger partial charge >= 0.3 is 0 Å². The summed E-state index contributed by atoms with van der Waals surface area (Å²) in [7, 11) is 0. The van der Waals surface area contributed by atoms with E-state index < -0.39 is 0 Å². The van der Waals surface area contributed by atoms with Crippen molar-refractivity contribution >= 4 is 11.8 Å². The molecule has 6 nitrogen and oxygen atoms in total. The lowest BCUT2D eigenvalue weighted by Crippen LogP contribution is -2.43. The Morgan fingerprint density at radius 1 is 1.29 bits per heavy atom. The molecule has 0 spiro atoms. The van der Waals surface area contributed by atoms with E-state index in [2.05, 4.69) is 17.1 Å². The third kappa shape index (κ3) is 3.48. The van der Waals surface area contributed by atoms with Crippen LogP contribution in [0.5, 0.6) is 0 Å². The fourth-order valence-electron chi connectivity index (χ4n) is 3.10. The van der Waals surface area contributed by atoms with Crippen LogP contribution in [0.4, 0.5) is 0 Å². The molecule has 1 unspecified atom stereocenters. The van der Waals surface area contributed by atoms with Crippen molar-refractivity contribution in [1.29, 1.82) is 0 Å². The standard InChI is InChI=1S/C18H22N4O2/c1-2-15-13-21(18(24)16-8-10-19-20-16)11-9-17(23)22(15)12-14-6-4-3-5-7-14/h3-8,10,15H,2,9,11-13H2,1H3,(H,19,20). The number of carbonyl (C=O) groups excluding carboxylic acids is 2. The molecule has 24 heavy (non-hydrogen) atoms. The van der Waals surface area contributed by atoms with Gasteiger partial charge in [0.05, 0.1) is 0 Å². The average molecular weight is 326 g/mol. The van der Waals surface area contributed by atoms with Crippen molar-refractivity contribution in [2.24, 2.45) is 0 Å². The Morgan fingerprint density at radius 3 is 2.75 bits per heavy atom. The molecule has 2 aromatic rings. The second-order valence-electron chi connectivity index (χ2n) is 6.04. The normalized spacial score (nSPS) is 18.5. The van der Waals surface area contributed by atoms with Crippen LogP contribution in [0.3, 0.4) is 0 Å². The number of rotatable bonds is 4. The third-order valence-corrected chi connectivity index (χ3v) is 4.47. The van der Waals surface area contributed by atoms with Gasteiger partial charge in [-0.2, -0.15) is 5.10 Å². The van der Waals surface area contributed by atoms with E-state index >= 15 is 0 Å². The van der Waals surface area contributed by atoms with Crippen molar-refractivity contribution < 1.29 is 9.59 Å². The molecule has 1 N–H and O–H groups in total. The highest BCUT2D eigenvalue weighted by Crippen LogP contribution is 2.18. The molecule has 6 heteroatoms. The molecule has 0 aliphatic carbocycles. The predicted octanol–water partition coefficient (Wildman–Crippen LogP) is 2.06. The Hall–Kier alpha value is -2.63. The van der Waals surface area contributed by atoms with Crippen LogP contribution < -0.4 is 0 Å². The number of hydrogen-bond donors (Lipinski definition) is 1. The number of amides is 2. The molecule has 1 saturated heterocycles. The summed E-state index contributed by atoms with van der Waals surface area (Å²) in [6.45, 7) is 3.63. The molecular formula is C18H22N4O2. The van der Waals surface area contributed by atoms with Crippen molar-refractivity contribution in [2.75, 3.05) is 13.1 Å². The van der Waals surface area contributed by atoms with E-state index in [4.69, 9.17) is 0 Å². The number of H-pyrrole nitrogens is 1. The van der Waals surface area contributed by atoms with Gasteiger partial charge in [0.2, 0.25) is 5.91 Å². The summed E-state index contributed by atoms with van der Waals surface area (Å²) in [4.78, 5) is 28.8. The highest BCUT2D eigenvalue weighted by atomic mass is 16.2. The van der Waals surface area contributed by atoms with Gasteiger partial charge in [-0.05, 0) is 18.1 Å². The first kappa shape index (κ1) is 16.2. The molecule has 1 aromatic carbocycles. The first-order chi connectivity index (χ1) is 11.7. The van der Waals surface area contributed by atoms with Crippen LogP contribution in [0.1, 0.15) is 35.8 Å². The number of nitrogens with zero attached hydrogens (tertiary/aromatic N) is 3. The molecule has 0 bridgehead atoms. The van der Waals surface area contributed by atoms with Crippen LogP contribution in [-0.4, -0.2) is 50.9 Å². The van der Waals surface area contributed by atoms with E-state index in [0.717, 1.165) is 12.0 Å². The molecule has 1 aliphatic heterocycles. The van der Waals surface area contributed by atoms with Crippen LogP contribution in [0, 0.1) is 0 Å². The van der Waals surface area contributed by atoms with Gasteiger partial charge in [0.1, 0.15) is 5.69 Å². The number of aromatic nitrogens is 2. The second kappa shape index (κ2) is 7.29. The van der Waals surface area contributed by atoms with Gasteiger partial charge in [0.25, 0.3) is 5.91 Å². The molecule has 0 saturated carbocycles. The van der Waals surface area contributed by atoms with E-state index in [-0.39, 0.29) is 17.9 Å². The maximum atomic E-state index is 12.6. The third-order valence-electron chi connectivity index (χ3n) is 4.47. The van der Waals surface area contributed by atoms with Gasteiger partial charge in [0.15, 0.2) is 0 Å². The van der Waals surface area contributed by atoms with Crippen molar-refractivity contribution in [1.82, 2.24) is 20.0 Å². The Bertz CT molecular complexity index is 684. The smallest absolute Gasteiger partial charge is 0.271 e. The Labute approximate surface area is 141 Å². The van der Waals surface area contributed by atoms with Gasteiger partial charge in [-0.15, -0.1) is 0 Å². The van der Waals surface area contributed by atoms with Crippen molar-refractivity contribution in [3.05, 3.63) is 53.9 Å². The molecule has 1 atom stereocenters. The van der Waals surface area contributed by atoms with Crippen LogP contribution in [0.15, 0.2) is 42.6 Å². The van der Waals surface area contributed by atoms with Crippen LogP contribution in [-0.2, 0) is 11.3 Å². The molecular weight excluding hydrogens is 304 g/mol. The summed E-state index contributed by atoms with van der Waals surface area (Å²) < 4.78 is 0. The summed E-state index contributed by atoms with van der Waals surface area (Å²) >= 11 is 0. The Kier molecular flexibility index (Phi) is 4.93. The fourth-order valence-corrected chi connectivity index (χ4v) is 3.10. The number of hydrogen-bond acceptors (Lipinski definition) is 3. The van der Waals surface area contributed by atoms with Crippen LogP contribution in [0.2, 0.25) is 0 Å². The van der Waals surface area contributed by atoms with Gasteiger partial charge in [-0.25, -0.2) is 0 Å². The summed E-state index contributed by atoms with van der Waals surface area (Å²) in [5.74, 6) is 0.00549. The largest absolute Gasteiger partial charge is 0.335 e. The Balaban J connectivity index is 1.77. The molecule has 3 rings (SSSR count). The Morgan fingerprint density at radius 2 is 2.08 bits per heavy atom. The van der Waals surface area contributed by atoms with Crippen molar-refractivity contribution in [3.63, 3.8) is 0 Å². The number of carbonyl (C=O) groups is 2. The van der Waals surface area contributed by atoms with Gasteiger partial charge in [-0.1, -0.05) is 37.3 Å². The number of nitrogens with one attached hydrogen (secondary N) is 1. The minimum atomic E-state index is -0.0969. The minimum absolute atomic E-state index is 0.0204. The SMILES string of the molecule is CCC1CN(C(=O)c2ccn[nH]2)CCC(=O)N1Cc1ccccc1. The monoisotopic (exact) mass is 326 g/mol. The molecule has 2 amide bonds. The molecule has 126 valence electrons. The van der Waals surface area contributed by atoms with E-state index in [1.807, 2.05) is 35.2 Å². The average Bonchev–Trinajstić information content (AvgIpc) is 3.10.